The maximum atomic E-state index is 11.6. The summed E-state index contributed by atoms with van der Waals surface area (Å²) in [5.41, 5.74) is 0.536. The highest BCUT2D eigenvalue weighted by Gasteiger charge is 2.11. The number of ether oxygens (including phenoxy) is 1. The molecule has 0 aliphatic rings. The average Bonchev–Trinajstić information content (AvgIpc) is 2.18. The van der Waals surface area contributed by atoms with Crippen molar-refractivity contribution in [1.29, 1.82) is 0 Å². The molecule has 1 aromatic carbocycles. The Morgan fingerprint density at radius 3 is 2.73 bits per heavy atom. The lowest BCUT2D eigenvalue weighted by Gasteiger charge is -2.00. The standard InChI is InChI=1S/C11H11BrO3/c1-15-7-10(13)6-11(14)8-3-2-4-9(12)5-8/h2-5H,6-7H2,1H3. The minimum atomic E-state index is -0.206. The number of ketones is 2. The van der Waals surface area contributed by atoms with Crippen molar-refractivity contribution in [2.45, 2.75) is 6.42 Å². The van der Waals surface area contributed by atoms with E-state index in [9.17, 15) is 9.59 Å². The van der Waals surface area contributed by atoms with E-state index < -0.39 is 0 Å². The maximum absolute atomic E-state index is 11.6. The van der Waals surface area contributed by atoms with Gasteiger partial charge in [0.1, 0.15) is 6.61 Å². The smallest absolute Gasteiger partial charge is 0.170 e. The fourth-order valence-electron chi connectivity index (χ4n) is 1.16. The van der Waals surface area contributed by atoms with Crippen LogP contribution < -0.4 is 0 Å². The fourth-order valence-corrected chi connectivity index (χ4v) is 1.55. The first kappa shape index (κ1) is 12.1. The Bertz CT molecular complexity index is 374. The summed E-state index contributed by atoms with van der Waals surface area (Å²) in [4.78, 5) is 22.7. The van der Waals surface area contributed by atoms with Crippen LogP contribution in [-0.2, 0) is 9.53 Å². The van der Waals surface area contributed by atoms with Crippen LogP contribution in [0.2, 0.25) is 0 Å². The average molecular weight is 271 g/mol. The zero-order valence-corrected chi connectivity index (χ0v) is 9.91. The molecule has 0 amide bonds. The molecule has 1 rings (SSSR count). The summed E-state index contributed by atoms with van der Waals surface area (Å²) in [5, 5.41) is 0. The van der Waals surface area contributed by atoms with Gasteiger partial charge in [0.15, 0.2) is 11.6 Å². The molecule has 0 aromatic heterocycles. The van der Waals surface area contributed by atoms with Gasteiger partial charge in [-0.05, 0) is 12.1 Å². The Hall–Kier alpha value is -1.000. The van der Waals surface area contributed by atoms with Crippen LogP contribution >= 0.6 is 15.9 Å². The van der Waals surface area contributed by atoms with Crippen molar-refractivity contribution in [2.75, 3.05) is 13.7 Å². The normalized spacial score (nSPS) is 10.0. The van der Waals surface area contributed by atoms with Gasteiger partial charge in [0.05, 0.1) is 6.42 Å². The second-order valence-electron chi connectivity index (χ2n) is 3.08. The lowest BCUT2D eigenvalue weighted by atomic mass is 10.1. The second-order valence-corrected chi connectivity index (χ2v) is 4.00. The van der Waals surface area contributed by atoms with E-state index >= 15 is 0 Å². The number of Topliss-reactive ketones (excluding diaryl/α,β-unsaturated/α-hetero) is 2. The molecule has 0 unspecified atom stereocenters. The van der Waals surface area contributed by atoms with Gasteiger partial charge in [-0.1, -0.05) is 28.1 Å². The molecule has 0 aliphatic carbocycles. The Labute approximate surface area is 96.6 Å². The summed E-state index contributed by atoms with van der Waals surface area (Å²) in [6, 6.07) is 6.97. The van der Waals surface area contributed by atoms with Gasteiger partial charge in [0.2, 0.25) is 0 Å². The number of methoxy groups -OCH3 is 1. The van der Waals surface area contributed by atoms with Gasteiger partial charge in [0, 0.05) is 17.1 Å². The zero-order valence-electron chi connectivity index (χ0n) is 8.33. The molecule has 4 heteroatoms. The molecule has 0 atom stereocenters. The van der Waals surface area contributed by atoms with E-state index in [1.807, 2.05) is 6.07 Å². The molecule has 0 radical (unpaired) electrons. The van der Waals surface area contributed by atoms with Crippen LogP contribution in [0.25, 0.3) is 0 Å². The summed E-state index contributed by atoms with van der Waals surface area (Å²) in [7, 11) is 1.43. The molecule has 0 N–H and O–H groups in total. The molecular weight excluding hydrogens is 260 g/mol. The summed E-state index contributed by atoms with van der Waals surface area (Å²) in [6.45, 7) is -0.0141. The Balaban J connectivity index is 2.65. The summed E-state index contributed by atoms with van der Waals surface area (Å²) in [5.74, 6) is -0.388. The number of carbonyl (C=O) groups excluding carboxylic acids is 2. The van der Waals surface area contributed by atoms with E-state index in [-0.39, 0.29) is 24.6 Å². The molecule has 15 heavy (non-hydrogen) atoms. The SMILES string of the molecule is COCC(=O)CC(=O)c1cccc(Br)c1. The molecular formula is C11H11BrO3. The summed E-state index contributed by atoms with van der Waals surface area (Å²) >= 11 is 3.27. The lowest BCUT2D eigenvalue weighted by Crippen LogP contribution is -2.12. The van der Waals surface area contributed by atoms with Crippen LogP contribution in [0, 0.1) is 0 Å². The number of carbonyl (C=O) groups is 2. The number of rotatable bonds is 5. The monoisotopic (exact) mass is 270 g/mol. The van der Waals surface area contributed by atoms with Crippen molar-refractivity contribution >= 4 is 27.5 Å². The molecule has 0 heterocycles. The van der Waals surface area contributed by atoms with E-state index in [4.69, 9.17) is 0 Å². The van der Waals surface area contributed by atoms with Gasteiger partial charge in [-0.2, -0.15) is 0 Å². The number of hydrogen-bond donors (Lipinski definition) is 0. The largest absolute Gasteiger partial charge is 0.377 e. The van der Waals surface area contributed by atoms with E-state index in [0.29, 0.717) is 5.56 Å². The van der Waals surface area contributed by atoms with E-state index in [0.717, 1.165) is 4.47 Å². The van der Waals surface area contributed by atoms with Gasteiger partial charge in [0.25, 0.3) is 0 Å². The van der Waals surface area contributed by atoms with E-state index in [1.54, 1.807) is 18.2 Å². The Morgan fingerprint density at radius 1 is 1.40 bits per heavy atom. The quantitative estimate of drug-likeness (QED) is 0.609. The van der Waals surface area contributed by atoms with Gasteiger partial charge in [-0.3, -0.25) is 9.59 Å². The maximum Gasteiger partial charge on any atom is 0.170 e. The van der Waals surface area contributed by atoms with Crippen LogP contribution in [0.1, 0.15) is 16.8 Å². The predicted molar refractivity (Wildman–Crippen MR) is 60.0 cm³/mol. The molecule has 0 saturated carbocycles. The first-order valence-electron chi connectivity index (χ1n) is 4.43. The van der Waals surface area contributed by atoms with E-state index in [1.165, 1.54) is 7.11 Å². The highest BCUT2D eigenvalue weighted by atomic mass is 79.9. The van der Waals surface area contributed by atoms with Crippen molar-refractivity contribution in [2.24, 2.45) is 0 Å². The molecule has 0 saturated heterocycles. The topological polar surface area (TPSA) is 43.4 Å². The third-order valence-electron chi connectivity index (χ3n) is 1.81. The predicted octanol–water partition coefficient (Wildman–Crippen LogP) is 2.24. The number of benzene rings is 1. The van der Waals surface area contributed by atoms with Crippen LogP contribution in [0.4, 0.5) is 0 Å². The minimum Gasteiger partial charge on any atom is -0.377 e. The number of halogens is 1. The fraction of sp³-hybridized carbons (Fsp3) is 0.273. The molecule has 0 bridgehead atoms. The Morgan fingerprint density at radius 2 is 2.13 bits per heavy atom. The summed E-state index contributed by atoms with van der Waals surface area (Å²) in [6.07, 6.45) is -0.107. The van der Waals surface area contributed by atoms with Crippen molar-refractivity contribution in [1.82, 2.24) is 0 Å². The third-order valence-corrected chi connectivity index (χ3v) is 2.30. The first-order chi connectivity index (χ1) is 7.13. The van der Waals surface area contributed by atoms with Crippen LogP contribution in [0.5, 0.6) is 0 Å². The van der Waals surface area contributed by atoms with Gasteiger partial charge < -0.3 is 4.74 Å². The summed E-state index contributed by atoms with van der Waals surface area (Å²) < 4.78 is 5.48. The van der Waals surface area contributed by atoms with Crippen LogP contribution in [-0.4, -0.2) is 25.3 Å². The highest BCUT2D eigenvalue weighted by molar-refractivity contribution is 9.10. The van der Waals surface area contributed by atoms with Gasteiger partial charge in [-0.15, -0.1) is 0 Å². The number of hydrogen-bond acceptors (Lipinski definition) is 3. The lowest BCUT2D eigenvalue weighted by molar-refractivity contribution is -0.121. The van der Waals surface area contributed by atoms with E-state index in [2.05, 4.69) is 20.7 Å². The molecule has 80 valence electrons. The van der Waals surface area contributed by atoms with Crippen LogP contribution in [0.3, 0.4) is 0 Å². The van der Waals surface area contributed by atoms with Gasteiger partial charge in [-0.25, -0.2) is 0 Å². The van der Waals surface area contributed by atoms with Crippen molar-refractivity contribution in [3.05, 3.63) is 34.3 Å². The molecule has 0 fully saturated rings. The van der Waals surface area contributed by atoms with Crippen molar-refractivity contribution in [3.63, 3.8) is 0 Å². The molecule has 3 nitrogen and oxygen atoms in total. The van der Waals surface area contributed by atoms with Crippen molar-refractivity contribution in [3.8, 4) is 0 Å². The first-order valence-corrected chi connectivity index (χ1v) is 5.22. The Kier molecular flexibility index (Phi) is 4.65. The van der Waals surface area contributed by atoms with Gasteiger partial charge >= 0.3 is 0 Å². The third kappa shape index (κ3) is 3.93. The van der Waals surface area contributed by atoms with Crippen molar-refractivity contribution < 1.29 is 14.3 Å². The minimum absolute atomic E-state index is 0.0141. The molecule has 0 spiro atoms. The second kappa shape index (κ2) is 5.78. The zero-order chi connectivity index (χ0) is 11.3. The molecule has 0 aliphatic heterocycles. The molecule has 1 aromatic rings. The van der Waals surface area contributed by atoms with Crippen LogP contribution in [0.15, 0.2) is 28.7 Å². The highest BCUT2D eigenvalue weighted by Crippen LogP contribution is 2.13.